The molecular formula is C21H14N2O4. The first kappa shape index (κ1) is 16.5. The summed E-state index contributed by atoms with van der Waals surface area (Å²) in [6.45, 7) is 0. The highest BCUT2D eigenvalue weighted by molar-refractivity contribution is 6.06. The second-order valence-corrected chi connectivity index (χ2v) is 6.21. The van der Waals surface area contributed by atoms with Crippen LogP contribution < -0.4 is 10.5 Å². The van der Waals surface area contributed by atoms with Crippen molar-refractivity contribution in [1.29, 1.82) is 5.26 Å². The highest BCUT2D eigenvalue weighted by Crippen LogP contribution is 2.46. The number of aromatic carboxylic acids is 1. The molecule has 0 bridgehead atoms. The number of carboxylic acid groups (broad SMARTS) is 1. The lowest BCUT2D eigenvalue weighted by atomic mass is 9.81. The first-order valence-corrected chi connectivity index (χ1v) is 8.16. The van der Waals surface area contributed by atoms with Crippen molar-refractivity contribution in [2.75, 3.05) is 0 Å². The number of phenols is 1. The van der Waals surface area contributed by atoms with E-state index in [1.165, 1.54) is 18.2 Å². The van der Waals surface area contributed by atoms with E-state index in [0.717, 1.165) is 0 Å². The molecule has 3 aromatic rings. The van der Waals surface area contributed by atoms with Crippen LogP contribution in [-0.2, 0) is 0 Å². The van der Waals surface area contributed by atoms with Crippen molar-refractivity contribution < 1.29 is 19.7 Å². The number of carboxylic acids is 1. The molecule has 132 valence electrons. The number of hydrogen-bond acceptors (Lipinski definition) is 5. The fourth-order valence-electron chi connectivity index (χ4n) is 3.51. The molecule has 0 saturated carbocycles. The Balaban J connectivity index is 2.10. The van der Waals surface area contributed by atoms with E-state index in [-0.39, 0.29) is 22.8 Å². The van der Waals surface area contributed by atoms with Crippen LogP contribution in [0.2, 0.25) is 0 Å². The summed E-state index contributed by atoms with van der Waals surface area (Å²) in [6.07, 6.45) is 0. The van der Waals surface area contributed by atoms with E-state index in [1.54, 1.807) is 36.4 Å². The Kier molecular flexibility index (Phi) is 3.71. The second-order valence-electron chi connectivity index (χ2n) is 6.21. The SMILES string of the molecule is N#CC1=C(N)Oc2c(cc(C(=O)O)c3ccccc23)C1c1cccc(O)c1. The predicted octanol–water partition coefficient (Wildman–Crippen LogP) is 3.46. The van der Waals surface area contributed by atoms with Crippen LogP contribution in [0.4, 0.5) is 0 Å². The molecule has 1 atom stereocenters. The zero-order chi connectivity index (χ0) is 19.1. The smallest absolute Gasteiger partial charge is 0.336 e. The number of hydrogen-bond donors (Lipinski definition) is 3. The number of rotatable bonds is 2. The molecule has 0 radical (unpaired) electrons. The first-order chi connectivity index (χ1) is 13.0. The molecule has 6 nitrogen and oxygen atoms in total. The molecule has 0 amide bonds. The minimum atomic E-state index is -1.08. The maximum absolute atomic E-state index is 11.8. The average molecular weight is 358 g/mol. The van der Waals surface area contributed by atoms with E-state index >= 15 is 0 Å². The first-order valence-electron chi connectivity index (χ1n) is 8.16. The number of phenolic OH excluding ortho intramolecular Hbond substituents is 1. The summed E-state index contributed by atoms with van der Waals surface area (Å²) in [6, 6.07) is 17.0. The monoisotopic (exact) mass is 358 g/mol. The topological polar surface area (TPSA) is 117 Å². The molecule has 1 heterocycles. The minimum absolute atomic E-state index is 0.0356. The predicted molar refractivity (Wildman–Crippen MR) is 98.3 cm³/mol. The summed E-state index contributed by atoms with van der Waals surface area (Å²) in [5.74, 6) is -1.30. The van der Waals surface area contributed by atoms with Crippen LogP contribution in [0.1, 0.15) is 27.4 Å². The molecule has 0 saturated heterocycles. The third kappa shape index (κ3) is 2.53. The summed E-state index contributed by atoms with van der Waals surface area (Å²) in [4.78, 5) is 11.8. The molecule has 4 N–H and O–H groups in total. The highest BCUT2D eigenvalue weighted by Gasteiger charge is 2.33. The number of carbonyl (C=O) groups is 1. The van der Waals surface area contributed by atoms with Crippen molar-refractivity contribution in [3.05, 3.63) is 82.7 Å². The summed E-state index contributed by atoms with van der Waals surface area (Å²) >= 11 is 0. The van der Waals surface area contributed by atoms with E-state index in [2.05, 4.69) is 6.07 Å². The third-order valence-electron chi connectivity index (χ3n) is 4.66. The highest BCUT2D eigenvalue weighted by atomic mass is 16.5. The Morgan fingerprint density at radius 3 is 2.52 bits per heavy atom. The van der Waals surface area contributed by atoms with Gasteiger partial charge in [-0.25, -0.2) is 4.79 Å². The van der Waals surface area contributed by atoms with Crippen LogP contribution in [0, 0.1) is 11.3 Å². The lowest BCUT2D eigenvalue weighted by Gasteiger charge is -2.28. The van der Waals surface area contributed by atoms with Gasteiger partial charge >= 0.3 is 5.97 Å². The van der Waals surface area contributed by atoms with Gasteiger partial charge in [-0.3, -0.25) is 0 Å². The molecule has 1 unspecified atom stereocenters. The van der Waals surface area contributed by atoms with Crippen LogP contribution in [-0.4, -0.2) is 16.2 Å². The Bertz CT molecular complexity index is 1170. The van der Waals surface area contributed by atoms with Gasteiger partial charge in [-0.05, 0) is 29.1 Å². The van der Waals surface area contributed by atoms with Gasteiger partial charge in [0.25, 0.3) is 0 Å². The number of allylic oxidation sites excluding steroid dienone is 1. The third-order valence-corrected chi connectivity index (χ3v) is 4.66. The fourth-order valence-corrected chi connectivity index (χ4v) is 3.51. The summed E-state index contributed by atoms with van der Waals surface area (Å²) in [5.41, 5.74) is 7.42. The summed E-state index contributed by atoms with van der Waals surface area (Å²) in [7, 11) is 0. The van der Waals surface area contributed by atoms with Gasteiger partial charge in [0, 0.05) is 10.9 Å². The van der Waals surface area contributed by atoms with Gasteiger partial charge in [0.05, 0.1) is 11.5 Å². The van der Waals surface area contributed by atoms with Crippen LogP contribution in [0.25, 0.3) is 10.8 Å². The summed E-state index contributed by atoms with van der Waals surface area (Å²) in [5, 5.41) is 30.3. The Morgan fingerprint density at radius 1 is 1.11 bits per heavy atom. The zero-order valence-corrected chi connectivity index (χ0v) is 14.0. The number of fused-ring (bicyclic) bond motifs is 3. The van der Waals surface area contributed by atoms with Crippen LogP contribution in [0.5, 0.6) is 11.5 Å². The van der Waals surface area contributed by atoms with E-state index in [4.69, 9.17) is 10.5 Å². The van der Waals surface area contributed by atoms with Gasteiger partial charge in [0.15, 0.2) is 0 Å². The molecular weight excluding hydrogens is 344 g/mol. The van der Waals surface area contributed by atoms with Crippen molar-refractivity contribution >= 4 is 16.7 Å². The van der Waals surface area contributed by atoms with Gasteiger partial charge in [-0.2, -0.15) is 5.26 Å². The van der Waals surface area contributed by atoms with Crippen molar-refractivity contribution in [2.45, 2.75) is 5.92 Å². The van der Waals surface area contributed by atoms with E-state index < -0.39 is 11.9 Å². The second kappa shape index (κ2) is 6.07. The van der Waals surface area contributed by atoms with Gasteiger partial charge < -0.3 is 20.7 Å². The number of ether oxygens (including phenoxy) is 1. The van der Waals surface area contributed by atoms with Gasteiger partial charge in [0.1, 0.15) is 23.1 Å². The van der Waals surface area contributed by atoms with Gasteiger partial charge in [-0.15, -0.1) is 0 Å². The van der Waals surface area contributed by atoms with E-state index in [9.17, 15) is 20.3 Å². The Hall–Kier alpha value is -3.98. The van der Waals surface area contributed by atoms with Crippen molar-refractivity contribution in [3.8, 4) is 17.6 Å². The fraction of sp³-hybridized carbons (Fsp3) is 0.0476. The molecule has 1 aliphatic rings. The molecule has 27 heavy (non-hydrogen) atoms. The largest absolute Gasteiger partial charge is 0.508 e. The molecule has 3 aromatic carbocycles. The van der Waals surface area contributed by atoms with Gasteiger partial charge in [-0.1, -0.05) is 36.4 Å². The standard InChI is InChI=1S/C21H14N2O4/c22-10-17-18(11-4-3-5-12(24)8-11)16-9-15(21(25)26)13-6-1-2-7-14(13)19(16)27-20(17)23/h1-9,18,24H,23H2,(H,25,26). The molecule has 0 aliphatic carbocycles. The van der Waals surface area contributed by atoms with Crippen LogP contribution >= 0.6 is 0 Å². The van der Waals surface area contributed by atoms with Crippen molar-refractivity contribution in [3.63, 3.8) is 0 Å². The molecule has 0 spiro atoms. The van der Waals surface area contributed by atoms with Crippen LogP contribution in [0.15, 0.2) is 66.1 Å². The molecule has 6 heteroatoms. The molecule has 4 rings (SSSR count). The number of aromatic hydroxyl groups is 1. The van der Waals surface area contributed by atoms with Gasteiger partial charge in [0.2, 0.25) is 5.88 Å². The zero-order valence-electron chi connectivity index (χ0n) is 14.0. The summed E-state index contributed by atoms with van der Waals surface area (Å²) < 4.78 is 5.74. The Labute approximate surface area is 154 Å². The van der Waals surface area contributed by atoms with Crippen molar-refractivity contribution in [1.82, 2.24) is 0 Å². The average Bonchev–Trinajstić information content (AvgIpc) is 2.66. The van der Waals surface area contributed by atoms with E-state index in [1.807, 2.05) is 0 Å². The number of nitrogens with two attached hydrogens (primary N) is 1. The number of nitriles is 1. The maximum atomic E-state index is 11.8. The van der Waals surface area contributed by atoms with Crippen molar-refractivity contribution in [2.24, 2.45) is 5.73 Å². The Morgan fingerprint density at radius 2 is 1.85 bits per heavy atom. The quantitative estimate of drug-likeness (QED) is 0.646. The maximum Gasteiger partial charge on any atom is 0.336 e. The molecule has 0 fully saturated rings. The minimum Gasteiger partial charge on any atom is -0.508 e. The number of benzene rings is 3. The van der Waals surface area contributed by atoms with E-state index in [0.29, 0.717) is 27.6 Å². The molecule has 0 aromatic heterocycles. The molecule has 1 aliphatic heterocycles. The normalized spacial score (nSPS) is 15.7. The van der Waals surface area contributed by atoms with Crippen LogP contribution in [0.3, 0.4) is 0 Å². The lowest BCUT2D eigenvalue weighted by Crippen LogP contribution is -2.22. The lowest BCUT2D eigenvalue weighted by molar-refractivity contribution is 0.0699. The number of nitrogens with zero attached hydrogens (tertiary/aromatic N) is 1.